The van der Waals surface area contributed by atoms with Crippen molar-refractivity contribution in [1.29, 1.82) is 0 Å². The summed E-state index contributed by atoms with van der Waals surface area (Å²) in [5, 5.41) is 6.76. The van der Waals surface area contributed by atoms with Gasteiger partial charge in [0.1, 0.15) is 0 Å². The van der Waals surface area contributed by atoms with Crippen molar-refractivity contribution in [2.75, 3.05) is 9.80 Å². The Kier molecular flexibility index (Phi) is 8.75. The predicted molar refractivity (Wildman–Crippen MR) is 264 cm³/mol. The highest BCUT2D eigenvalue weighted by atomic mass is 15.1. The lowest BCUT2D eigenvalue weighted by molar-refractivity contribution is 1.18. The average Bonchev–Trinajstić information content (AvgIpc) is 3.68. The van der Waals surface area contributed by atoms with Crippen LogP contribution in [0.1, 0.15) is 0 Å². The van der Waals surface area contributed by atoms with Gasteiger partial charge in [-0.15, -0.1) is 0 Å². The van der Waals surface area contributed by atoms with Gasteiger partial charge >= 0.3 is 0 Å². The molecule has 0 bridgehead atoms. The van der Waals surface area contributed by atoms with Crippen molar-refractivity contribution in [3.8, 4) is 16.8 Å². The fourth-order valence-corrected chi connectivity index (χ4v) is 9.37. The Morgan fingerprint density at radius 1 is 0.286 bits per heavy atom. The third-order valence-corrected chi connectivity index (χ3v) is 12.2. The molecule has 5 heteroatoms. The number of benzene rings is 10. The van der Waals surface area contributed by atoms with Crippen LogP contribution in [0.5, 0.6) is 0 Å². The van der Waals surface area contributed by atoms with E-state index >= 15 is 0 Å². The van der Waals surface area contributed by atoms with E-state index in [-0.39, 0.29) is 0 Å². The van der Waals surface area contributed by atoms with Crippen LogP contribution in [0.2, 0.25) is 0 Å². The van der Waals surface area contributed by atoms with Crippen LogP contribution in [0.3, 0.4) is 0 Å². The standard InChI is InChI=1S/C58H39N5/c1-6-16-40(17-7-1)41-26-30-49-51(36-41)52-37-48(27-31-50(52)58-57(49)59-34-35-60-58)63-55-32-28-46(61(42-18-8-2-9-19-42)43-20-10-3-11-21-43)38-53(55)54-39-47(29-33-56(54)63)62(44-22-12-4-13-23-44)45-24-14-5-15-25-45/h1-39H. The first-order chi connectivity index (χ1) is 31.3. The molecule has 63 heavy (non-hydrogen) atoms. The molecule has 12 aromatic rings. The van der Waals surface area contributed by atoms with Gasteiger partial charge in [-0.2, -0.15) is 0 Å². The first-order valence-corrected chi connectivity index (χ1v) is 21.3. The lowest BCUT2D eigenvalue weighted by atomic mass is 9.95. The molecule has 0 spiro atoms. The molecule has 0 saturated carbocycles. The number of hydrogen-bond acceptors (Lipinski definition) is 4. The maximum absolute atomic E-state index is 4.91. The van der Waals surface area contributed by atoms with Crippen molar-refractivity contribution < 1.29 is 0 Å². The zero-order chi connectivity index (χ0) is 41.7. The first-order valence-electron chi connectivity index (χ1n) is 21.3. The summed E-state index contributed by atoms with van der Waals surface area (Å²) >= 11 is 0. The van der Waals surface area contributed by atoms with E-state index < -0.39 is 0 Å². The Labute approximate surface area is 365 Å². The Bertz CT molecular complexity index is 3390. The fourth-order valence-electron chi connectivity index (χ4n) is 9.37. The first kappa shape index (κ1) is 36.3. The third kappa shape index (κ3) is 6.25. The number of para-hydroxylation sites is 4. The van der Waals surface area contributed by atoms with Crippen LogP contribution in [0.25, 0.3) is 71.2 Å². The lowest BCUT2D eigenvalue weighted by Crippen LogP contribution is -2.09. The Morgan fingerprint density at radius 2 is 0.698 bits per heavy atom. The van der Waals surface area contributed by atoms with Crippen LogP contribution >= 0.6 is 0 Å². The molecular formula is C58H39N5. The van der Waals surface area contributed by atoms with Crippen LogP contribution in [0, 0.1) is 0 Å². The van der Waals surface area contributed by atoms with Crippen molar-refractivity contribution >= 4 is 88.5 Å². The third-order valence-electron chi connectivity index (χ3n) is 12.2. The van der Waals surface area contributed by atoms with Crippen molar-refractivity contribution in [2.24, 2.45) is 0 Å². The zero-order valence-electron chi connectivity index (χ0n) is 34.3. The van der Waals surface area contributed by atoms with Gasteiger partial charge in [0, 0.05) is 73.8 Å². The van der Waals surface area contributed by atoms with Crippen LogP contribution in [-0.4, -0.2) is 14.5 Å². The number of hydrogen-bond donors (Lipinski definition) is 0. The van der Waals surface area contributed by atoms with E-state index in [0.29, 0.717) is 0 Å². The minimum Gasteiger partial charge on any atom is -0.310 e. The van der Waals surface area contributed by atoms with E-state index in [4.69, 9.17) is 9.97 Å². The Balaban J connectivity index is 1.13. The van der Waals surface area contributed by atoms with Crippen molar-refractivity contribution in [3.05, 3.63) is 237 Å². The van der Waals surface area contributed by atoms with Crippen LogP contribution in [-0.2, 0) is 0 Å². The monoisotopic (exact) mass is 805 g/mol. The predicted octanol–water partition coefficient (Wildman–Crippen LogP) is 15.6. The quantitative estimate of drug-likeness (QED) is 0.143. The minimum atomic E-state index is 0.902. The van der Waals surface area contributed by atoms with Crippen LogP contribution in [0.15, 0.2) is 237 Å². The second kappa shape index (κ2) is 15.2. The van der Waals surface area contributed by atoms with Gasteiger partial charge in [-0.05, 0) is 125 Å². The Morgan fingerprint density at radius 3 is 1.16 bits per heavy atom. The van der Waals surface area contributed by atoms with Gasteiger partial charge in [0.25, 0.3) is 0 Å². The summed E-state index contributed by atoms with van der Waals surface area (Å²) in [4.78, 5) is 14.5. The molecule has 0 aliphatic rings. The van der Waals surface area contributed by atoms with E-state index in [1.54, 1.807) is 12.4 Å². The number of rotatable bonds is 8. The average molecular weight is 806 g/mol. The van der Waals surface area contributed by atoms with Gasteiger partial charge in [-0.3, -0.25) is 9.97 Å². The van der Waals surface area contributed by atoms with Crippen LogP contribution in [0.4, 0.5) is 34.1 Å². The molecule has 0 N–H and O–H groups in total. The smallest absolute Gasteiger partial charge is 0.0971 e. The zero-order valence-corrected chi connectivity index (χ0v) is 34.3. The number of aromatic nitrogens is 3. The van der Waals surface area contributed by atoms with Crippen molar-refractivity contribution in [3.63, 3.8) is 0 Å². The summed E-state index contributed by atoms with van der Waals surface area (Å²) in [7, 11) is 0. The topological polar surface area (TPSA) is 37.2 Å². The van der Waals surface area contributed by atoms with E-state index in [9.17, 15) is 0 Å². The molecule has 2 aromatic heterocycles. The molecule has 0 aliphatic carbocycles. The summed E-state index contributed by atoms with van der Waals surface area (Å²) in [5.41, 5.74) is 14.0. The largest absolute Gasteiger partial charge is 0.310 e. The highest BCUT2D eigenvalue weighted by molar-refractivity contribution is 6.24. The SMILES string of the molecule is c1ccc(-c2ccc3c(c2)c2cc(-n4c5ccc(N(c6ccccc6)c6ccccc6)cc5c5cc(N(c6ccccc6)c6ccccc6)ccc54)ccc2c2nccnc32)cc1. The molecule has 0 atom stereocenters. The molecule has 0 aliphatic heterocycles. The summed E-state index contributed by atoms with van der Waals surface area (Å²) < 4.78 is 2.43. The Hall–Kier alpha value is -8.54. The van der Waals surface area contributed by atoms with Crippen molar-refractivity contribution in [1.82, 2.24) is 14.5 Å². The molecule has 0 radical (unpaired) electrons. The summed E-state index contributed by atoms with van der Waals surface area (Å²) in [6.07, 6.45) is 3.59. The summed E-state index contributed by atoms with van der Waals surface area (Å²) in [6, 6.07) is 80.4. The molecular weight excluding hydrogens is 767 g/mol. The lowest BCUT2D eigenvalue weighted by Gasteiger charge is -2.26. The van der Waals surface area contributed by atoms with Crippen LogP contribution < -0.4 is 9.80 Å². The molecule has 2 heterocycles. The number of anilines is 6. The fraction of sp³-hybridized carbons (Fsp3) is 0. The van der Waals surface area contributed by atoms with Gasteiger partial charge in [0.05, 0.1) is 22.1 Å². The highest BCUT2D eigenvalue weighted by Crippen LogP contribution is 2.44. The second-order valence-corrected chi connectivity index (χ2v) is 15.9. The number of fused-ring (bicyclic) bond motifs is 9. The van der Waals surface area contributed by atoms with E-state index in [1.807, 2.05) is 0 Å². The molecule has 5 nitrogen and oxygen atoms in total. The molecule has 10 aromatic carbocycles. The number of nitrogens with zero attached hydrogens (tertiary/aromatic N) is 5. The van der Waals surface area contributed by atoms with E-state index in [1.165, 1.54) is 5.56 Å². The van der Waals surface area contributed by atoms with E-state index in [0.717, 1.165) is 99.8 Å². The normalized spacial score (nSPS) is 11.5. The summed E-state index contributed by atoms with van der Waals surface area (Å²) in [5.74, 6) is 0. The molecule has 296 valence electrons. The highest BCUT2D eigenvalue weighted by Gasteiger charge is 2.21. The molecule has 0 amide bonds. The molecule has 0 unspecified atom stereocenters. The van der Waals surface area contributed by atoms with Gasteiger partial charge in [-0.25, -0.2) is 0 Å². The van der Waals surface area contributed by atoms with Gasteiger partial charge in [0.15, 0.2) is 0 Å². The van der Waals surface area contributed by atoms with Gasteiger partial charge in [0.2, 0.25) is 0 Å². The minimum absolute atomic E-state index is 0.902. The van der Waals surface area contributed by atoms with Gasteiger partial charge in [-0.1, -0.05) is 121 Å². The molecule has 0 fully saturated rings. The summed E-state index contributed by atoms with van der Waals surface area (Å²) in [6.45, 7) is 0. The maximum Gasteiger partial charge on any atom is 0.0971 e. The molecule has 0 saturated heterocycles. The maximum atomic E-state index is 4.91. The van der Waals surface area contributed by atoms with E-state index in [2.05, 4.69) is 239 Å². The second-order valence-electron chi connectivity index (χ2n) is 15.9. The molecule has 12 rings (SSSR count). The van der Waals surface area contributed by atoms with Gasteiger partial charge < -0.3 is 14.4 Å². The van der Waals surface area contributed by atoms with Crippen molar-refractivity contribution in [2.45, 2.75) is 0 Å².